The van der Waals surface area contributed by atoms with E-state index in [1.54, 1.807) is 18.2 Å². The molecule has 4 rings (SSSR count). The molecular weight excluding hydrogens is 503 g/mol. The van der Waals surface area contributed by atoms with E-state index in [1.165, 1.54) is 6.07 Å². The van der Waals surface area contributed by atoms with Gasteiger partial charge in [0.15, 0.2) is 0 Å². The Kier molecular flexibility index (Phi) is 8.25. The van der Waals surface area contributed by atoms with Crippen LogP contribution in [-0.4, -0.2) is 29.1 Å². The van der Waals surface area contributed by atoms with Crippen LogP contribution < -0.4 is 0 Å². The Hall–Kier alpha value is -3.29. The molecule has 4 aromatic rings. The molecule has 194 valence electrons. The third-order valence-electron chi connectivity index (χ3n) is 6.34. The van der Waals surface area contributed by atoms with Gasteiger partial charge in [-0.1, -0.05) is 73.1 Å². The number of benzene rings is 3. The highest BCUT2D eigenvalue weighted by Crippen LogP contribution is 2.36. The van der Waals surface area contributed by atoms with Gasteiger partial charge in [-0.25, -0.2) is 0 Å². The van der Waals surface area contributed by atoms with Crippen molar-refractivity contribution in [2.75, 3.05) is 13.1 Å². The summed E-state index contributed by atoms with van der Waals surface area (Å²) < 4.78 is 46.2. The number of hydrogen-bond acceptors (Lipinski definition) is 3. The van der Waals surface area contributed by atoms with Crippen LogP contribution in [0.5, 0.6) is 0 Å². The Morgan fingerprint density at radius 1 is 1.05 bits per heavy atom. The lowest BCUT2D eigenvalue weighted by Gasteiger charge is -2.27. The Morgan fingerprint density at radius 2 is 1.81 bits per heavy atom. The highest BCUT2D eigenvalue weighted by Gasteiger charge is 2.34. The largest absolute Gasteiger partial charge is 0.481 e. The van der Waals surface area contributed by atoms with Crippen molar-refractivity contribution < 1.29 is 27.5 Å². The van der Waals surface area contributed by atoms with Crippen molar-refractivity contribution in [3.63, 3.8) is 0 Å². The van der Waals surface area contributed by atoms with Crippen LogP contribution in [0, 0.1) is 0 Å². The van der Waals surface area contributed by atoms with Gasteiger partial charge in [-0.3, -0.25) is 9.69 Å². The number of nitrogens with zero attached hydrogens (tertiary/aromatic N) is 1. The van der Waals surface area contributed by atoms with Gasteiger partial charge in [-0.2, -0.15) is 13.2 Å². The van der Waals surface area contributed by atoms with Crippen LogP contribution in [0.25, 0.3) is 11.0 Å². The molecule has 0 aliphatic carbocycles. The topological polar surface area (TPSA) is 53.7 Å². The molecule has 1 heterocycles. The van der Waals surface area contributed by atoms with Crippen LogP contribution in [0.2, 0.25) is 5.02 Å². The van der Waals surface area contributed by atoms with Gasteiger partial charge in [0, 0.05) is 31.4 Å². The maximum Gasteiger partial charge on any atom is 0.417 e. The van der Waals surface area contributed by atoms with Crippen molar-refractivity contribution in [3.05, 3.63) is 106 Å². The van der Waals surface area contributed by atoms with Gasteiger partial charge in [0.05, 0.1) is 17.0 Å². The van der Waals surface area contributed by atoms with E-state index in [4.69, 9.17) is 21.1 Å². The Balaban J connectivity index is 1.55. The minimum atomic E-state index is -4.52. The van der Waals surface area contributed by atoms with Crippen LogP contribution in [0.3, 0.4) is 0 Å². The second kappa shape index (κ2) is 11.4. The summed E-state index contributed by atoms with van der Waals surface area (Å²) in [6, 6.07) is 21.2. The smallest absolute Gasteiger partial charge is 0.417 e. The van der Waals surface area contributed by atoms with Crippen LogP contribution in [0.1, 0.15) is 40.9 Å². The summed E-state index contributed by atoms with van der Waals surface area (Å²) in [5.41, 5.74) is 1.98. The molecule has 1 atom stereocenters. The molecule has 0 fully saturated rings. The maximum absolute atomic E-state index is 13.4. The molecule has 0 aliphatic rings. The van der Waals surface area contributed by atoms with E-state index in [-0.39, 0.29) is 23.9 Å². The molecule has 8 heteroatoms. The summed E-state index contributed by atoms with van der Waals surface area (Å²) in [7, 11) is 0. The van der Waals surface area contributed by atoms with Gasteiger partial charge < -0.3 is 9.52 Å². The quantitative estimate of drug-likeness (QED) is 0.230. The van der Waals surface area contributed by atoms with E-state index < -0.39 is 17.7 Å². The Labute approximate surface area is 218 Å². The summed E-state index contributed by atoms with van der Waals surface area (Å²) >= 11 is 6.21. The number of fused-ring (bicyclic) bond motifs is 1. The third kappa shape index (κ3) is 6.93. The first-order valence-electron chi connectivity index (χ1n) is 11.9. The average molecular weight is 530 g/mol. The maximum atomic E-state index is 13.4. The summed E-state index contributed by atoms with van der Waals surface area (Å²) in [6.45, 7) is 3.48. The van der Waals surface area contributed by atoms with E-state index in [9.17, 15) is 18.0 Å². The molecule has 0 bridgehead atoms. The van der Waals surface area contributed by atoms with Crippen molar-refractivity contribution in [2.24, 2.45) is 0 Å². The summed E-state index contributed by atoms with van der Waals surface area (Å²) in [5, 5.41) is 9.63. The van der Waals surface area contributed by atoms with Gasteiger partial charge in [-0.15, -0.1) is 0 Å². The van der Waals surface area contributed by atoms with Gasteiger partial charge in [0.2, 0.25) is 0 Å². The lowest BCUT2D eigenvalue weighted by atomic mass is 10.00. The van der Waals surface area contributed by atoms with Gasteiger partial charge in [-0.05, 0) is 40.8 Å². The minimum Gasteiger partial charge on any atom is -0.481 e. The molecule has 0 aliphatic heterocycles. The predicted molar refractivity (Wildman–Crippen MR) is 138 cm³/mol. The van der Waals surface area contributed by atoms with Crippen molar-refractivity contribution in [1.82, 2.24) is 4.90 Å². The first kappa shape index (κ1) is 26.8. The van der Waals surface area contributed by atoms with E-state index in [0.29, 0.717) is 36.2 Å². The Bertz CT molecular complexity index is 1370. The minimum absolute atomic E-state index is 0.0884. The monoisotopic (exact) mass is 529 g/mol. The van der Waals surface area contributed by atoms with Crippen LogP contribution in [0.15, 0.2) is 77.2 Å². The molecule has 1 aromatic heterocycles. The predicted octanol–water partition coefficient (Wildman–Crippen LogP) is 7.58. The first-order valence-corrected chi connectivity index (χ1v) is 12.3. The zero-order valence-electron chi connectivity index (χ0n) is 20.3. The number of carboxylic acids is 1. The van der Waals surface area contributed by atoms with Crippen LogP contribution >= 0.6 is 11.6 Å². The molecule has 0 radical (unpaired) electrons. The number of rotatable bonds is 10. The standard InChI is InChI=1S/C29H27ClF3NO3/c1-19(21-6-3-2-4-7-21)17-34(18-23-8-5-9-25(28(23)30)29(31,32)33)13-12-24-16-22-11-10-20(15-27(35)36)14-26(22)37-24/h2-11,14,16,19H,12-13,15,17-18H2,1H3,(H,35,36). The SMILES string of the molecule is CC(CN(CCc1cc2ccc(CC(=O)O)cc2o1)Cc1cccc(C(F)(F)F)c1Cl)c1ccccc1. The van der Waals surface area contributed by atoms with Crippen molar-refractivity contribution in [3.8, 4) is 0 Å². The number of aliphatic carboxylic acids is 1. The molecular formula is C29H27ClF3NO3. The van der Waals surface area contributed by atoms with Crippen molar-refractivity contribution >= 4 is 28.5 Å². The highest BCUT2D eigenvalue weighted by atomic mass is 35.5. The summed E-state index contributed by atoms with van der Waals surface area (Å²) in [5.74, 6) is -0.0578. The number of carboxylic acid groups (broad SMARTS) is 1. The van der Waals surface area contributed by atoms with Gasteiger partial charge >= 0.3 is 12.1 Å². The molecule has 0 spiro atoms. The molecule has 1 N–H and O–H groups in total. The molecule has 4 nitrogen and oxygen atoms in total. The van der Waals surface area contributed by atoms with Crippen molar-refractivity contribution in [1.29, 1.82) is 0 Å². The summed E-state index contributed by atoms with van der Waals surface area (Å²) in [6.07, 6.45) is -4.08. The highest BCUT2D eigenvalue weighted by molar-refractivity contribution is 6.32. The number of carbonyl (C=O) groups is 1. The molecule has 0 amide bonds. The molecule has 0 saturated heterocycles. The Morgan fingerprint density at radius 3 is 2.51 bits per heavy atom. The zero-order valence-corrected chi connectivity index (χ0v) is 21.0. The number of halogens is 4. The molecule has 1 unspecified atom stereocenters. The van der Waals surface area contributed by atoms with E-state index in [2.05, 4.69) is 11.8 Å². The third-order valence-corrected chi connectivity index (χ3v) is 6.79. The summed E-state index contributed by atoms with van der Waals surface area (Å²) in [4.78, 5) is 13.1. The van der Waals surface area contributed by atoms with Gasteiger partial charge in [0.25, 0.3) is 0 Å². The normalized spacial score (nSPS) is 12.8. The van der Waals surface area contributed by atoms with E-state index in [1.807, 2.05) is 42.5 Å². The first-order chi connectivity index (χ1) is 17.6. The molecule has 37 heavy (non-hydrogen) atoms. The second-order valence-corrected chi connectivity index (χ2v) is 9.61. The fourth-order valence-corrected chi connectivity index (χ4v) is 4.77. The average Bonchev–Trinajstić information content (AvgIpc) is 3.25. The van der Waals surface area contributed by atoms with Gasteiger partial charge in [0.1, 0.15) is 11.3 Å². The lowest BCUT2D eigenvalue weighted by Crippen LogP contribution is -2.30. The van der Waals surface area contributed by atoms with E-state index in [0.717, 1.165) is 22.8 Å². The number of furan rings is 1. The fourth-order valence-electron chi connectivity index (χ4n) is 4.48. The molecule has 0 saturated carbocycles. The van der Waals surface area contributed by atoms with Crippen LogP contribution in [-0.2, 0) is 30.4 Å². The second-order valence-electron chi connectivity index (χ2n) is 9.23. The van der Waals surface area contributed by atoms with Crippen molar-refractivity contribution in [2.45, 2.75) is 38.4 Å². The number of hydrogen-bond donors (Lipinski definition) is 1. The lowest BCUT2D eigenvalue weighted by molar-refractivity contribution is -0.138. The van der Waals surface area contributed by atoms with E-state index >= 15 is 0 Å². The fraction of sp³-hybridized carbons (Fsp3) is 0.276. The van der Waals surface area contributed by atoms with Crippen LogP contribution in [0.4, 0.5) is 13.2 Å². The zero-order chi connectivity index (χ0) is 26.6. The number of alkyl halides is 3. The molecule has 3 aromatic carbocycles.